The van der Waals surface area contributed by atoms with Gasteiger partial charge in [-0.05, 0) is 72.9 Å². The van der Waals surface area contributed by atoms with E-state index in [4.69, 9.17) is 4.74 Å². The van der Waals surface area contributed by atoms with Crippen LogP contribution in [0.1, 0.15) is 52.6 Å². The van der Waals surface area contributed by atoms with Crippen molar-refractivity contribution in [3.05, 3.63) is 94.8 Å². The molecule has 0 radical (unpaired) electrons. The molecule has 37 heavy (non-hydrogen) atoms. The van der Waals surface area contributed by atoms with Gasteiger partial charge in [0.2, 0.25) is 0 Å². The summed E-state index contributed by atoms with van der Waals surface area (Å²) in [4.78, 5) is 17.2. The van der Waals surface area contributed by atoms with Crippen LogP contribution in [-0.2, 0) is 12.8 Å². The fraction of sp³-hybridized carbons (Fsp3) is 0.375. The molecule has 0 N–H and O–H groups in total. The van der Waals surface area contributed by atoms with Crippen molar-refractivity contribution in [2.45, 2.75) is 77.1 Å². The maximum absolute atomic E-state index is 12.6. The molecule has 3 nitrogen and oxygen atoms in total. The maximum Gasteiger partial charge on any atom is 0.343 e. The fourth-order valence-corrected chi connectivity index (χ4v) is 18.4. The lowest BCUT2D eigenvalue weighted by atomic mass is 10.1. The maximum atomic E-state index is 12.6. The third kappa shape index (κ3) is 10.3. The highest BCUT2D eigenvalue weighted by molar-refractivity contribution is 6.94. The van der Waals surface area contributed by atoms with Crippen molar-refractivity contribution in [2.75, 3.05) is 0 Å². The predicted octanol–water partition coefficient (Wildman–Crippen LogP) is 8.94. The van der Waals surface area contributed by atoms with E-state index in [-0.39, 0.29) is 5.97 Å². The van der Waals surface area contributed by atoms with Crippen LogP contribution in [0, 0.1) is 0 Å². The highest BCUT2D eigenvalue weighted by atomic mass is 28.4. The van der Waals surface area contributed by atoms with Crippen LogP contribution in [0.25, 0.3) is 12.2 Å². The lowest BCUT2D eigenvalue weighted by Gasteiger charge is -2.29. The van der Waals surface area contributed by atoms with Crippen LogP contribution in [0.4, 0.5) is 0 Å². The Hall–Kier alpha value is -2.77. The number of carbonyl (C=O) groups is 1. The molecule has 5 heteroatoms. The number of hydrogen-bond acceptors (Lipinski definition) is 3. The van der Waals surface area contributed by atoms with Crippen LogP contribution >= 0.6 is 0 Å². The fourth-order valence-electron chi connectivity index (χ4n) is 5.05. The Bertz CT molecular complexity index is 1180. The third-order valence-electron chi connectivity index (χ3n) is 6.50. The first-order chi connectivity index (χ1) is 17.5. The van der Waals surface area contributed by atoms with E-state index in [1.54, 1.807) is 0 Å². The minimum Gasteiger partial charge on any atom is -0.423 e. The Kier molecular flexibility index (Phi) is 10.2. The van der Waals surface area contributed by atoms with E-state index in [1.165, 1.54) is 30.1 Å². The second-order valence-corrected chi connectivity index (χ2v) is 23.4. The summed E-state index contributed by atoms with van der Waals surface area (Å²) >= 11 is 0. The van der Waals surface area contributed by atoms with Gasteiger partial charge in [0.05, 0.1) is 11.3 Å². The molecule has 0 spiro atoms. The molecule has 1 aromatic heterocycles. The Morgan fingerprint density at radius 3 is 2.22 bits per heavy atom. The summed E-state index contributed by atoms with van der Waals surface area (Å²) in [7, 11) is -2.04. The first kappa shape index (κ1) is 28.8. The summed E-state index contributed by atoms with van der Waals surface area (Å²) in [5, 5.41) is 0. The summed E-state index contributed by atoms with van der Waals surface area (Å²) in [6.45, 7) is 14.7. The molecule has 0 amide bonds. The number of aryl methyl sites for hydroxylation is 2. The van der Waals surface area contributed by atoms with Crippen LogP contribution in [0.3, 0.4) is 0 Å². The first-order valence-electron chi connectivity index (χ1n) is 13.6. The van der Waals surface area contributed by atoms with Gasteiger partial charge < -0.3 is 4.74 Å². The number of nitrogens with zero attached hydrogens (tertiary/aromatic N) is 1. The van der Waals surface area contributed by atoms with Crippen molar-refractivity contribution in [3.8, 4) is 5.75 Å². The van der Waals surface area contributed by atoms with E-state index < -0.39 is 16.1 Å². The summed E-state index contributed by atoms with van der Waals surface area (Å²) in [6, 6.07) is 22.9. The lowest BCUT2D eigenvalue weighted by Crippen LogP contribution is -2.37. The van der Waals surface area contributed by atoms with Gasteiger partial charge in [0.1, 0.15) is 5.75 Å². The minimum atomic E-state index is -1.07. The molecule has 0 saturated carbocycles. The number of pyridine rings is 1. The minimum absolute atomic E-state index is 0.325. The Labute approximate surface area is 226 Å². The molecule has 0 aliphatic rings. The zero-order valence-corrected chi connectivity index (χ0v) is 25.5. The predicted molar refractivity (Wildman–Crippen MR) is 164 cm³/mol. The van der Waals surface area contributed by atoms with Crippen LogP contribution in [0.15, 0.2) is 66.7 Å². The molecule has 1 heterocycles. The topological polar surface area (TPSA) is 39.2 Å². The number of esters is 1. The van der Waals surface area contributed by atoms with Crippen LogP contribution in [-0.4, -0.2) is 27.1 Å². The number of carbonyl (C=O) groups excluding carboxylic acids is 1. The van der Waals surface area contributed by atoms with Gasteiger partial charge in [0.15, 0.2) is 0 Å². The monoisotopic (exact) mass is 529 g/mol. The number of benzene rings is 2. The summed E-state index contributed by atoms with van der Waals surface area (Å²) in [5.74, 6) is 0.219. The zero-order chi connectivity index (χ0) is 26.9. The van der Waals surface area contributed by atoms with E-state index in [9.17, 15) is 4.79 Å². The Balaban J connectivity index is 1.46. The van der Waals surface area contributed by atoms with Crippen molar-refractivity contribution in [2.24, 2.45) is 0 Å². The van der Waals surface area contributed by atoms with E-state index in [0.29, 0.717) is 11.3 Å². The van der Waals surface area contributed by atoms with E-state index in [2.05, 4.69) is 56.8 Å². The standard InChI is InChI=1S/C32H43NO2Si2/c1-7-29-12-10-13-30(33-29)21-16-27-17-22-31(23-18-27)35-32(34)28-19-14-26(15-20-28)11-8-9-24-37(5,6)25-36(2,3)4/h10,12-23H,7-9,11,24-25H2,1-6H3. The second-order valence-electron chi connectivity index (χ2n) is 12.0. The van der Waals surface area contributed by atoms with E-state index >= 15 is 0 Å². The Morgan fingerprint density at radius 1 is 0.865 bits per heavy atom. The molecule has 3 rings (SSSR count). The summed E-state index contributed by atoms with van der Waals surface area (Å²) in [5.41, 5.74) is 6.43. The number of hydrogen-bond donors (Lipinski definition) is 0. The molecular weight excluding hydrogens is 487 g/mol. The molecule has 3 aromatic rings. The van der Waals surface area contributed by atoms with E-state index in [1.807, 2.05) is 66.7 Å². The number of ether oxygens (including phenoxy) is 1. The zero-order valence-electron chi connectivity index (χ0n) is 23.5. The van der Waals surface area contributed by atoms with E-state index in [0.717, 1.165) is 29.8 Å². The quantitative estimate of drug-likeness (QED) is 0.102. The summed E-state index contributed by atoms with van der Waals surface area (Å²) < 4.78 is 5.60. The molecule has 0 bridgehead atoms. The van der Waals surface area contributed by atoms with Gasteiger partial charge in [-0.15, -0.1) is 0 Å². The van der Waals surface area contributed by atoms with Gasteiger partial charge >= 0.3 is 5.97 Å². The van der Waals surface area contributed by atoms with Gasteiger partial charge in [-0.1, -0.05) is 94.2 Å². The normalized spacial score (nSPS) is 12.2. The average molecular weight is 530 g/mol. The van der Waals surface area contributed by atoms with Crippen molar-refractivity contribution < 1.29 is 9.53 Å². The second kappa shape index (κ2) is 13.2. The van der Waals surface area contributed by atoms with Crippen LogP contribution < -0.4 is 4.74 Å². The van der Waals surface area contributed by atoms with Gasteiger partial charge in [-0.3, -0.25) is 4.98 Å². The average Bonchev–Trinajstić information content (AvgIpc) is 2.85. The smallest absolute Gasteiger partial charge is 0.343 e. The third-order valence-corrected chi connectivity index (χ3v) is 16.3. The molecule has 2 aromatic carbocycles. The molecule has 0 atom stereocenters. The van der Waals surface area contributed by atoms with Gasteiger partial charge in [-0.2, -0.15) is 0 Å². The molecule has 0 unspecified atom stereocenters. The Morgan fingerprint density at radius 2 is 1.57 bits per heavy atom. The molecular formula is C32H43NO2Si2. The molecule has 196 valence electrons. The SMILES string of the molecule is CCc1cccc(C=Cc2ccc(OC(=O)c3ccc(CCCC[Si](C)(C)C[Si](C)(C)C)cc3)cc2)n1. The molecule has 0 fully saturated rings. The number of rotatable bonds is 12. The molecule has 0 saturated heterocycles. The van der Waals surface area contributed by atoms with Crippen LogP contribution in [0.2, 0.25) is 44.4 Å². The van der Waals surface area contributed by atoms with Crippen molar-refractivity contribution >= 4 is 34.3 Å². The lowest BCUT2D eigenvalue weighted by molar-refractivity contribution is 0.0734. The molecule has 0 aliphatic carbocycles. The van der Waals surface area contributed by atoms with Crippen molar-refractivity contribution in [3.63, 3.8) is 0 Å². The number of unbranched alkanes of at least 4 members (excludes halogenated alkanes) is 1. The largest absolute Gasteiger partial charge is 0.423 e. The molecule has 0 aliphatic heterocycles. The summed E-state index contributed by atoms with van der Waals surface area (Å²) in [6.07, 6.45) is 8.52. The highest BCUT2D eigenvalue weighted by Gasteiger charge is 2.27. The van der Waals surface area contributed by atoms with Crippen molar-refractivity contribution in [1.82, 2.24) is 4.98 Å². The van der Waals surface area contributed by atoms with Crippen LogP contribution in [0.5, 0.6) is 5.75 Å². The first-order valence-corrected chi connectivity index (χ1v) is 20.7. The van der Waals surface area contributed by atoms with Crippen molar-refractivity contribution in [1.29, 1.82) is 0 Å². The number of aromatic nitrogens is 1. The van der Waals surface area contributed by atoms with Gasteiger partial charge in [0.25, 0.3) is 0 Å². The van der Waals surface area contributed by atoms with Gasteiger partial charge in [0, 0.05) is 21.8 Å². The highest BCUT2D eigenvalue weighted by Crippen LogP contribution is 2.25. The van der Waals surface area contributed by atoms with Gasteiger partial charge in [-0.25, -0.2) is 4.79 Å².